The quantitative estimate of drug-likeness (QED) is 0.613. The third kappa shape index (κ3) is 3.41. The van der Waals surface area contributed by atoms with E-state index in [1.54, 1.807) is 19.2 Å². The number of carbonyl (C=O) groups excluding carboxylic acids is 1. The lowest BCUT2D eigenvalue weighted by Crippen LogP contribution is -2.39. The molecule has 1 aliphatic carbocycles. The van der Waals surface area contributed by atoms with E-state index in [0.717, 1.165) is 42.5 Å². The monoisotopic (exact) mass is 411 g/mol. The number of furan rings is 1. The lowest BCUT2D eigenvalue weighted by molar-refractivity contribution is 0.0655. The SMILES string of the molecule is COCc1ccc(C(=O)N2CCC(n3c(C4CCC4)nc4cc(F)ccc43)CC2)o1. The Kier molecular flexibility index (Phi) is 5.06. The predicted molar refractivity (Wildman–Crippen MR) is 110 cm³/mol. The Morgan fingerprint density at radius 1 is 1.20 bits per heavy atom. The summed E-state index contributed by atoms with van der Waals surface area (Å²) >= 11 is 0. The summed E-state index contributed by atoms with van der Waals surface area (Å²) in [5.41, 5.74) is 1.73. The number of amides is 1. The fraction of sp³-hybridized carbons (Fsp3) is 0.478. The van der Waals surface area contributed by atoms with Crippen LogP contribution >= 0.6 is 0 Å². The van der Waals surface area contributed by atoms with Gasteiger partial charge in [0.15, 0.2) is 5.76 Å². The lowest BCUT2D eigenvalue weighted by atomic mass is 9.84. The maximum Gasteiger partial charge on any atom is 0.289 e. The van der Waals surface area contributed by atoms with Gasteiger partial charge in [0, 0.05) is 38.2 Å². The number of imidazole rings is 1. The molecule has 30 heavy (non-hydrogen) atoms. The molecule has 0 bridgehead atoms. The molecule has 0 unspecified atom stereocenters. The molecule has 0 spiro atoms. The van der Waals surface area contributed by atoms with Gasteiger partial charge >= 0.3 is 0 Å². The number of benzene rings is 1. The Labute approximate surface area is 174 Å². The van der Waals surface area contributed by atoms with E-state index in [9.17, 15) is 9.18 Å². The number of rotatable bonds is 5. The van der Waals surface area contributed by atoms with Gasteiger partial charge in [-0.25, -0.2) is 9.37 Å². The second kappa shape index (κ2) is 7.87. The number of aromatic nitrogens is 2. The van der Waals surface area contributed by atoms with Crippen LogP contribution < -0.4 is 0 Å². The number of hydrogen-bond donors (Lipinski definition) is 0. The van der Waals surface area contributed by atoms with Crippen LogP contribution in [0.2, 0.25) is 0 Å². The highest BCUT2D eigenvalue weighted by Gasteiger charge is 2.32. The van der Waals surface area contributed by atoms with E-state index in [-0.39, 0.29) is 17.8 Å². The van der Waals surface area contributed by atoms with E-state index < -0.39 is 0 Å². The molecule has 158 valence electrons. The molecular formula is C23H26FN3O3. The van der Waals surface area contributed by atoms with Crippen molar-refractivity contribution in [3.05, 3.63) is 53.5 Å². The molecule has 2 fully saturated rings. The number of fused-ring (bicyclic) bond motifs is 1. The Morgan fingerprint density at radius 3 is 2.70 bits per heavy atom. The molecule has 5 rings (SSSR count). The number of piperidine rings is 1. The number of ether oxygens (including phenoxy) is 1. The molecule has 3 heterocycles. The number of likely N-dealkylation sites (tertiary alicyclic amines) is 1. The summed E-state index contributed by atoms with van der Waals surface area (Å²) in [7, 11) is 1.60. The first-order chi connectivity index (χ1) is 14.6. The average Bonchev–Trinajstić information content (AvgIpc) is 3.31. The largest absolute Gasteiger partial charge is 0.453 e. The van der Waals surface area contributed by atoms with Gasteiger partial charge in [0.05, 0.1) is 11.0 Å². The third-order valence-corrected chi connectivity index (χ3v) is 6.43. The van der Waals surface area contributed by atoms with Crippen molar-refractivity contribution >= 4 is 16.9 Å². The molecule has 1 aromatic carbocycles. The summed E-state index contributed by atoms with van der Waals surface area (Å²) in [6.45, 7) is 1.68. The first-order valence-electron chi connectivity index (χ1n) is 10.7. The van der Waals surface area contributed by atoms with E-state index in [0.29, 0.717) is 37.1 Å². The van der Waals surface area contributed by atoms with Crippen LogP contribution in [0.4, 0.5) is 4.39 Å². The van der Waals surface area contributed by atoms with Gasteiger partial charge in [0.25, 0.3) is 5.91 Å². The number of methoxy groups -OCH3 is 1. The van der Waals surface area contributed by atoms with E-state index in [4.69, 9.17) is 14.1 Å². The van der Waals surface area contributed by atoms with Gasteiger partial charge in [-0.3, -0.25) is 4.79 Å². The van der Waals surface area contributed by atoms with Crippen molar-refractivity contribution in [3.63, 3.8) is 0 Å². The highest BCUT2D eigenvalue weighted by molar-refractivity contribution is 5.91. The molecule has 0 N–H and O–H groups in total. The van der Waals surface area contributed by atoms with E-state index in [1.807, 2.05) is 11.0 Å². The molecule has 3 aromatic rings. The van der Waals surface area contributed by atoms with Gasteiger partial charge in [-0.2, -0.15) is 0 Å². The van der Waals surface area contributed by atoms with Crippen LogP contribution in [0.15, 0.2) is 34.7 Å². The molecule has 0 radical (unpaired) electrons. The number of carbonyl (C=O) groups is 1. The molecule has 2 aliphatic rings. The van der Waals surface area contributed by atoms with Crippen LogP contribution in [0.25, 0.3) is 11.0 Å². The summed E-state index contributed by atoms with van der Waals surface area (Å²) in [4.78, 5) is 19.5. The van der Waals surface area contributed by atoms with Crippen LogP contribution in [0.1, 0.15) is 66.2 Å². The van der Waals surface area contributed by atoms with Crippen molar-refractivity contribution in [2.75, 3.05) is 20.2 Å². The predicted octanol–water partition coefficient (Wildman–Crippen LogP) is 4.66. The standard InChI is InChI=1S/C23H26FN3O3/c1-29-14-18-6-8-21(30-18)23(28)26-11-9-17(10-12-26)27-20-7-5-16(24)13-19(20)25-22(27)15-3-2-4-15/h5-8,13,15,17H,2-4,9-12,14H2,1H3. The highest BCUT2D eigenvalue weighted by atomic mass is 19.1. The van der Waals surface area contributed by atoms with Crippen LogP contribution in [-0.4, -0.2) is 40.6 Å². The molecule has 6 nitrogen and oxygen atoms in total. The minimum Gasteiger partial charge on any atom is -0.453 e. The smallest absolute Gasteiger partial charge is 0.289 e. The molecule has 7 heteroatoms. The fourth-order valence-electron chi connectivity index (χ4n) is 4.62. The van der Waals surface area contributed by atoms with Crippen LogP contribution in [0, 0.1) is 5.82 Å². The minimum atomic E-state index is -0.251. The number of halogens is 1. The molecule has 1 aliphatic heterocycles. The van der Waals surface area contributed by atoms with E-state index >= 15 is 0 Å². The number of hydrogen-bond acceptors (Lipinski definition) is 4. The lowest BCUT2D eigenvalue weighted by Gasteiger charge is -2.35. The Hall–Kier alpha value is -2.67. The molecule has 2 aromatic heterocycles. The molecule has 1 amide bonds. The summed E-state index contributed by atoms with van der Waals surface area (Å²) in [5, 5.41) is 0. The average molecular weight is 411 g/mol. The van der Waals surface area contributed by atoms with Crippen LogP contribution in [0.3, 0.4) is 0 Å². The molecular weight excluding hydrogens is 385 g/mol. The minimum absolute atomic E-state index is 0.0763. The van der Waals surface area contributed by atoms with Crippen molar-refractivity contribution in [1.29, 1.82) is 0 Å². The first-order valence-corrected chi connectivity index (χ1v) is 10.7. The Morgan fingerprint density at radius 2 is 2.00 bits per heavy atom. The second-order valence-corrected chi connectivity index (χ2v) is 8.32. The van der Waals surface area contributed by atoms with Gasteiger partial charge in [-0.15, -0.1) is 0 Å². The summed E-state index contributed by atoms with van der Waals surface area (Å²) in [6.07, 6.45) is 5.21. The van der Waals surface area contributed by atoms with Gasteiger partial charge in [0.1, 0.15) is 24.0 Å². The van der Waals surface area contributed by atoms with Crippen LogP contribution in [-0.2, 0) is 11.3 Å². The Balaban J connectivity index is 1.35. The van der Waals surface area contributed by atoms with Gasteiger partial charge in [-0.05, 0) is 49.9 Å². The Bertz CT molecular complexity index is 1060. The van der Waals surface area contributed by atoms with Crippen molar-refractivity contribution in [1.82, 2.24) is 14.5 Å². The van der Waals surface area contributed by atoms with Gasteiger partial charge < -0.3 is 18.6 Å². The summed E-state index contributed by atoms with van der Waals surface area (Å²) < 4.78 is 26.8. The normalized spacial score (nSPS) is 18.1. The second-order valence-electron chi connectivity index (χ2n) is 8.32. The zero-order valence-corrected chi connectivity index (χ0v) is 17.1. The maximum absolute atomic E-state index is 13.8. The number of nitrogens with zero attached hydrogens (tertiary/aromatic N) is 3. The van der Waals surface area contributed by atoms with E-state index in [1.165, 1.54) is 18.6 Å². The maximum atomic E-state index is 13.8. The van der Waals surface area contributed by atoms with Crippen molar-refractivity contribution in [2.45, 2.75) is 50.7 Å². The van der Waals surface area contributed by atoms with E-state index in [2.05, 4.69) is 4.57 Å². The zero-order valence-electron chi connectivity index (χ0n) is 17.1. The van der Waals surface area contributed by atoms with Gasteiger partial charge in [-0.1, -0.05) is 6.42 Å². The first kappa shape index (κ1) is 19.3. The van der Waals surface area contributed by atoms with Crippen molar-refractivity contribution < 1.29 is 18.3 Å². The zero-order chi connectivity index (χ0) is 20.7. The third-order valence-electron chi connectivity index (χ3n) is 6.43. The molecule has 1 saturated carbocycles. The van der Waals surface area contributed by atoms with Crippen molar-refractivity contribution in [3.8, 4) is 0 Å². The summed E-state index contributed by atoms with van der Waals surface area (Å²) in [5.74, 6) is 2.23. The van der Waals surface area contributed by atoms with Crippen LogP contribution in [0.5, 0.6) is 0 Å². The summed E-state index contributed by atoms with van der Waals surface area (Å²) in [6, 6.07) is 8.65. The van der Waals surface area contributed by atoms with Crippen molar-refractivity contribution in [2.24, 2.45) is 0 Å². The highest BCUT2D eigenvalue weighted by Crippen LogP contribution is 2.40. The fourth-order valence-corrected chi connectivity index (χ4v) is 4.62. The molecule has 0 atom stereocenters. The van der Waals surface area contributed by atoms with Gasteiger partial charge in [0.2, 0.25) is 0 Å². The molecule has 1 saturated heterocycles. The topological polar surface area (TPSA) is 60.5 Å².